The highest BCUT2D eigenvalue weighted by Gasteiger charge is 2.09. The van der Waals surface area contributed by atoms with Gasteiger partial charge in [0, 0.05) is 11.6 Å². The number of carbonyl (C=O) groups excluding carboxylic acids is 2. The van der Waals surface area contributed by atoms with Gasteiger partial charge in [0.2, 0.25) is 0 Å². The van der Waals surface area contributed by atoms with Gasteiger partial charge in [0.25, 0.3) is 0 Å². The molecule has 2 rings (SSSR count). The lowest BCUT2D eigenvalue weighted by Gasteiger charge is -2.08. The van der Waals surface area contributed by atoms with Crippen molar-refractivity contribution in [3.05, 3.63) is 41.6 Å². The number of hydrogen-bond donors (Lipinski definition) is 3. The van der Waals surface area contributed by atoms with Crippen LogP contribution in [0.3, 0.4) is 0 Å². The molecule has 0 bridgehead atoms. The van der Waals surface area contributed by atoms with Crippen LogP contribution in [-0.2, 0) is 11.3 Å². The maximum Gasteiger partial charge on any atom is 0.413 e. The Labute approximate surface area is 108 Å². The summed E-state index contributed by atoms with van der Waals surface area (Å²) in [6.45, 7) is -0.123. The smallest absolute Gasteiger partial charge is 0.413 e. The molecule has 0 radical (unpaired) electrons. The molecule has 0 aliphatic rings. The summed E-state index contributed by atoms with van der Waals surface area (Å²) in [4.78, 5) is 22.3. The summed E-state index contributed by atoms with van der Waals surface area (Å²) < 4.78 is 4.93. The van der Waals surface area contributed by atoms with E-state index in [1.807, 2.05) is 0 Å². The van der Waals surface area contributed by atoms with Crippen molar-refractivity contribution in [1.82, 2.24) is 10.2 Å². The number of rotatable bonds is 4. The number of benzene rings is 1. The normalized spacial score (nSPS) is 9.89. The van der Waals surface area contributed by atoms with Crippen LogP contribution in [0.2, 0.25) is 0 Å². The Hall–Kier alpha value is -2.83. The van der Waals surface area contributed by atoms with Crippen LogP contribution in [0.5, 0.6) is 5.75 Å². The molecule has 0 unspecified atom stereocenters. The molecule has 1 amide bonds. The molecule has 19 heavy (non-hydrogen) atoms. The van der Waals surface area contributed by atoms with Crippen LogP contribution in [0.1, 0.15) is 15.9 Å². The summed E-state index contributed by atoms with van der Waals surface area (Å²) in [7, 11) is 0. The first-order valence-electron chi connectivity index (χ1n) is 5.40. The molecule has 0 spiro atoms. The predicted molar refractivity (Wildman–Crippen MR) is 65.9 cm³/mol. The molecule has 0 saturated carbocycles. The highest BCUT2D eigenvalue weighted by molar-refractivity contribution is 5.84. The Morgan fingerprint density at radius 2 is 2.32 bits per heavy atom. The van der Waals surface area contributed by atoms with E-state index in [9.17, 15) is 14.7 Å². The molecule has 0 atom stereocenters. The Balaban J connectivity index is 1.97. The average molecular weight is 261 g/mol. The number of aromatic amines is 1. The monoisotopic (exact) mass is 261 g/mol. The number of nitrogens with one attached hydrogen (secondary N) is 2. The number of phenolic OH excluding ortho intramolecular Hbond substituents is 1. The number of carbonyl (C=O) groups is 2. The fourth-order valence-corrected chi connectivity index (χ4v) is 1.48. The number of aromatic nitrogens is 2. The Morgan fingerprint density at radius 3 is 3.00 bits per heavy atom. The van der Waals surface area contributed by atoms with Gasteiger partial charge < -0.3 is 9.84 Å². The van der Waals surface area contributed by atoms with E-state index < -0.39 is 6.09 Å². The van der Waals surface area contributed by atoms with Gasteiger partial charge in [-0.2, -0.15) is 5.10 Å². The molecule has 0 saturated heterocycles. The van der Waals surface area contributed by atoms with Crippen LogP contribution in [0.4, 0.5) is 10.6 Å². The third-order valence-electron chi connectivity index (χ3n) is 2.39. The molecular weight excluding hydrogens is 250 g/mol. The fraction of sp³-hybridized carbons (Fsp3) is 0.0833. The average Bonchev–Trinajstić information content (AvgIpc) is 2.89. The summed E-state index contributed by atoms with van der Waals surface area (Å²) in [6, 6.07) is 6.10. The summed E-state index contributed by atoms with van der Waals surface area (Å²) in [5, 5.41) is 18.1. The van der Waals surface area contributed by atoms with Gasteiger partial charge in [-0.15, -0.1) is 0 Å². The van der Waals surface area contributed by atoms with Gasteiger partial charge >= 0.3 is 6.09 Å². The van der Waals surface area contributed by atoms with E-state index in [0.29, 0.717) is 17.7 Å². The van der Waals surface area contributed by atoms with Crippen molar-refractivity contribution in [3.8, 4) is 5.75 Å². The zero-order chi connectivity index (χ0) is 13.7. The number of aldehydes is 1. The minimum Gasteiger partial charge on any atom is -0.507 e. The van der Waals surface area contributed by atoms with Gasteiger partial charge in [0.1, 0.15) is 18.2 Å². The van der Waals surface area contributed by atoms with Crippen molar-refractivity contribution < 1.29 is 19.4 Å². The van der Waals surface area contributed by atoms with E-state index in [2.05, 4.69) is 15.5 Å². The number of amides is 1. The van der Waals surface area contributed by atoms with E-state index in [0.717, 1.165) is 0 Å². The van der Waals surface area contributed by atoms with Crippen LogP contribution in [0.25, 0.3) is 0 Å². The third kappa shape index (κ3) is 3.09. The SMILES string of the molecule is O=Cc1c(O)cccc1COC(=O)Nc1ccn[nH]1. The lowest BCUT2D eigenvalue weighted by atomic mass is 10.1. The zero-order valence-electron chi connectivity index (χ0n) is 9.79. The lowest BCUT2D eigenvalue weighted by molar-refractivity contribution is 0.111. The fourth-order valence-electron chi connectivity index (χ4n) is 1.48. The van der Waals surface area contributed by atoms with Crippen molar-refractivity contribution in [3.63, 3.8) is 0 Å². The standard InChI is InChI=1S/C12H11N3O4/c16-6-9-8(2-1-3-10(9)17)7-19-12(18)14-11-4-5-13-15-11/h1-6,17H,7H2,(H2,13,14,15,18). The van der Waals surface area contributed by atoms with E-state index in [-0.39, 0.29) is 17.9 Å². The first-order chi connectivity index (χ1) is 9.20. The Kier molecular flexibility index (Phi) is 3.77. The molecule has 1 heterocycles. The number of hydrogen-bond acceptors (Lipinski definition) is 5. The van der Waals surface area contributed by atoms with Crippen molar-refractivity contribution in [2.24, 2.45) is 0 Å². The van der Waals surface area contributed by atoms with Crippen LogP contribution in [-0.4, -0.2) is 27.7 Å². The number of ether oxygens (including phenoxy) is 1. The van der Waals surface area contributed by atoms with E-state index in [4.69, 9.17) is 4.74 Å². The molecular formula is C12H11N3O4. The quantitative estimate of drug-likeness (QED) is 0.726. The number of anilines is 1. The second-order valence-electron chi connectivity index (χ2n) is 3.64. The Bertz CT molecular complexity index is 581. The zero-order valence-corrected chi connectivity index (χ0v) is 9.79. The summed E-state index contributed by atoms with van der Waals surface area (Å²) in [5.74, 6) is 0.251. The molecule has 2 aromatic rings. The molecule has 1 aromatic carbocycles. The van der Waals surface area contributed by atoms with Gasteiger partial charge in [-0.05, 0) is 6.07 Å². The molecule has 98 valence electrons. The van der Waals surface area contributed by atoms with Crippen molar-refractivity contribution >= 4 is 18.2 Å². The summed E-state index contributed by atoms with van der Waals surface area (Å²) in [6.07, 6.45) is 1.31. The third-order valence-corrected chi connectivity index (χ3v) is 2.39. The maximum absolute atomic E-state index is 11.4. The van der Waals surface area contributed by atoms with Crippen LogP contribution < -0.4 is 5.32 Å². The van der Waals surface area contributed by atoms with Gasteiger partial charge in [-0.1, -0.05) is 12.1 Å². The van der Waals surface area contributed by atoms with Gasteiger partial charge in [0.05, 0.1) is 11.8 Å². The van der Waals surface area contributed by atoms with Gasteiger partial charge in [0.15, 0.2) is 6.29 Å². The van der Waals surface area contributed by atoms with Crippen molar-refractivity contribution in [2.45, 2.75) is 6.61 Å². The van der Waals surface area contributed by atoms with Crippen LogP contribution in [0.15, 0.2) is 30.5 Å². The predicted octanol–water partition coefficient (Wildman–Crippen LogP) is 1.68. The van der Waals surface area contributed by atoms with Crippen LogP contribution in [0, 0.1) is 0 Å². The van der Waals surface area contributed by atoms with E-state index in [1.165, 1.54) is 12.3 Å². The second-order valence-corrected chi connectivity index (χ2v) is 3.64. The van der Waals surface area contributed by atoms with Gasteiger partial charge in [-0.25, -0.2) is 4.79 Å². The largest absolute Gasteiger partial charge is 0.507 e. The topological polar surface area (TPSA) is 104 Å². The first kappa shape index (κ1) is 12.6. The molecule has 0 fully saturated rings. The van der Waals surface area contributed by atoms with Gasteiger partial charge in [-0.3, -0.25) is 15.2 Å². The first-order valence-corrected chi connectivity index (χ1v) is 5.40. The highest BCUT2D eigenvalue weighted by atomic mass is 16.5. The highest BCUT2D eigenvalue weighted by Crippen LogP contribution is 2.19. The number of aromatic hydroxyl groups is 1. The maximum atomic E-state index is 11.4. The van der Waals surface area contributed by atoms with Crippen molar-refractivity contribution in [2.75, 3.05) is 5.32 Å². The number of H-pyrrole nitrogens is 1. The summed E-state index contributed by atoms with van der Waals surface area (Å²) >= 11 is 0. The second kappa shape index (κ2) is 5.67. The number of nitrogens with zero attached hydrogens (tertiary/aromatic N) is 1. The number of phenols is 1. The van der Waals surface area contributed by atoms with E-state index in [1.54, 1.807) is 18.2 Å². The molecule has 0 aliphatic heterocycles. The molecule has 3 N–H and O–H groups in total. The summed E-state index contributed by atoms with van der Waals surface area (Å²) in [5.41, 5.74) is 0.534. The minimum atomic E-state index is -0.690. The van der Waals surface area contributed by atoms with Crippen molar-refractivity contribution in [1.29, 1.82) is 0 Å². The van der Waals surface area contributed by atoms with E-state index >= 15 is 0 Å². The minimum absolute atomic E-state index is 0.108. The Morgan fingerprint density at radius 1 is 1.47 bits per heavy atom. The lowest BCUT2D eigenvalue weighted by Crippen LogP contribution is -2.14. The molecule has 7 heteroatoms. The molecule has 0 aliphatic carbocycles. The molecule has 7 nitrogen and oxygen atoms in total. The van der Waals surface area contributed by atoms with Crippen LogP contribution >= 0.6 is 0 Å². The molecule has 1 aromatic heterocycles.